The van der Waals surface area contributed by atoms with E-state index < -0.39 is 8.07 Å². The molecular weight excluding hydrogens is 430 g/mol. The Hall–Kier alpha value is -2.91. The van der Waals surface area contributed by atoms with Gasteiger partial charge in [0.05, 0.1) is 13.6 Å². The first-order chi connectivity index (χ1) is 15.9. The number of benzene rings is 3. The van der Waals surface area contributed by atoms with Gasteiger partial charge >= 0.3 is 0 Å². The Morgan fingerprint density at radius 3 is 2.24 bits per heavy atom. The van der Waals surface area contributed by atoms with E-state index in [0.717, 1.165) is 11.2 Å². The molecule has 5 rings (SSSR count). The molecule has 0 bridgehead atoms. The summed E-state index contributed by atoms with van der Waals surface area (Å²) in [4.78, 5) is 0. The first-order valence-corrected chi connectivity index (χ1v) is 15.8. The SMILES string of the molecule is Cc1cc2c(oc3cc(C(C)(C)C)ccc32)c(-c2ccc3cc([Si](C)(C)C)ccc3[n+]2C)c1C. The zero-order valence-electron chi connectivity index (χ0n) is 22.1. The Morgan fingerprint density at radius 2 is 1.56 bits per heavy atom. The number of nitrogens with zero attached hydrogens (tertiary/aromatic N) is 1. The molecule has 3 aromatic carbocycles. The van der Waals surface area contributed by atoms with Crippen molar-refractivity contribution >= 4 is 46.1 Å². The number of aromatic nitrogens is 1. The summed E-state index contributed by atoms with van der Waals surface area (Å²) >= 11 is 0. The van der Waals surface area contributed by atoms with Gasteiger partial charge in [0.2, 0.25) is 11.2 Å². The maximum absolute atomic E-state index is 6.63. The molecule has 0 radical (unpaired) electrons. The molecular formula is C31H36NOSi+. The first kappa shape index (κ1) is 22.9. The quantitative estimate of drug-likeness (QED) is 0.192. The number of rotatable bonds is 2. The molecule has 0 aliphatic rings. The predicted octanol–water partition coefficient (Wildman–Crippen LogP) is 7.69. The molecule has 3 heteroatoms. The van der Waals surface area contributed by atoms with Gasteiger partial charge in [-0.3, -0.25) is 0 Å². The Balaban J connectivity index is 1.80. The van der Waals surface area contributed by atoms with E-state index in [4.69, 9.17) is 4.42 Å². The van der Waals surface area contributed by atoms with Crippen molar-refractivity contribution in [2.75, 3.05) is 0 Å². The number of aryl methyl sites for hydroxylation is 2. The lowest BCUT2D eigenvalue weighted by atomic mass is 9.86. The molecule has 0 amide bonds. The lowest BCUT2D eigenvalue weighted by Crippen LogP contribution is -2.38. The summed E-state index contributed by atoms with van der Waals surface area (Å²) in [5, 5.41) is 5.18. The maximum atomic E-state index is 6.63. The van der Waals surface area contributed by atoms with Crippen LogP contribution in [0.1, 0.15) is 37.5 Å². The zero-order chi connectivity index (χ0) is 24.6. The van der Waals surface area contributed by atoms with E-state index in [0.29, 0.717) is 0 Å². The van der Waals surface area contributed by atoms with Crippen LogP contribution in [0.5, 0.6) is 0 Å². The summed E-state index contributed by atoms with van der Waals surface area (Å²) < 4.78 is 8.96. The number of hydrogen-bond donors (Lipinski definition) is 0. The van der Waals surface area contributed by atoms with E-state index >= 15 is 0 Å². The van der Waals surface area contributed by atoms with Crippen molar-refractivity contribution < 1.29 is 8.98 Å². The van der Waals surface area contributed by atoms with Gasteiger partial charge in [0.25, 0.3) is 0 Å². The van der Waals surface area contributed by atoms with Crippen molar-refractivity contribution in [2.24, 2.45) is 7.05 Å². The van der Waals surface area contributed by atoms with Crippen LogP contribution in [0.3, 0.4) is 0 Å². The van der Waals surface area contributed by atoms with Crippen molar-refractivity contribution in [3.63, 3.8) is 0 Å². The second-order valence-electron chi connectivity index (χ2n) is 11.9. The fourth-order valence-corrected chi connectivity index (χ4v) is 6.21. The van der Waals surface area contributed by atoms with E-state index in [1.165, 1.54) is 54.8 Å². The molecule has 0 spiro atoms. The molecule has 0 fully saturated rings. The van der Waals surface area contributed by atoms with Crippen molar-refractivity contribution in [1.82, 2.24) is 0 Å². The minimum Gasteiger partial charge on any atom is -0.455 e. The molecule has 174 valence electrons. The molecule has 0 aliphatic carbocycles. The summed E-state index contributed by atoms with van der Waals surface area (Å²) in [5.41, 5.74) is 9.53. The minimum atomic E-state index is -1.36. The van der Waals surface area contributed by atoms with Crippen LogP contribution in [-0.4, -0.2) is 8.07 Å². The molecule has 2 heterocycles. The van der Waals surface area contributed by atoms with Crippen molar-refractivity contribution in [2.45, 2.75) is 59.7 Å². The van der Waals surface area contributed by atoms with Crippen LogP contribution in [-0.2, 0) is 12.5 Å². The lowest BCUT2D eigenvalue weighted by Gasteiger charge is -2.18. The number of hydrogen-bond acceptors (Lipinski definition) is 1. The van der Waals surface area contributed by atoms with Gasteiger partial charge in [0.15, 0.2) is 0 Å². The zero-order valence-corrected chi connectivity index (χ0v) is 23.1. The van der Waals surface area contributed by atoms with Gasteiger partial charge in [0.1, 0.15) is 18.2 Å². The Labute approximate surface area is 204 Å². The summed E-state index contributed by atoms with van der Waals surface area (Å²) in [7, 11) is 0.821. The molecule has 5 aromatic rings. The van der Waals surface area contributed by atoms with Crippen molar-refractivity contribution in [3.8, 4) is 11.3 Å². The average Bonchev–Trinajstić information content (AvgIpc) is 3.11. The van der Waals surface area contributed by atoms with Crippen LogP contribution < -0.4 is 9.75 Å². The minimum absolute atomic E-state index is 0.0847. The Morgan fingerprint density at radius 1 is 0.824 bits per heavy atom. The van der Waals surface area contributed by atoms with Gasteiger partial charge in [0, 0.05) is 28.3 Å². The molecule has 0 saturated heterocycles. The molecule has 0 N–H and O–H groups in total. The Bertz CT molecular complexity index is 1590. The van der Waals surface area contributed by atoms with Crippen LogP contribution >= 0.6 is 0 Å². The van der Waals surface area contributed by atoms with Gasteiger partial charge < -0.3 is 4.42 Å². The molecule has 34 heavy (non-hydrogen) atoms. The van der Waals surface area contributed by atoms with Gasteiger partial charge in [-0.2, -0.15) is 4.57 Å². The van der Waals surface area contributed by atoms with Crippen LogP contribution in [0.2, 0.25) is 19.6 Å². The van der Waals surface area contributed by atoms with E-state index in [1.54, 1.807) is 0 Å². The smallest absolute Gasteiger partial charge is 0.216 e. The van der Waals surface area contributed by atoms with Crippen LogP contribution in [0.4, 0.5) is 0 Å². The lowest BCUT2D eigenvalue weighted by molar-refractivity contribution is -0.633. The highest BCUT2D eigenvalue weighted by atomic mass is 28.3. The second-order valence-corrected chi connectivity index (χ2v) is 17.0. The van der Waals surface area contributed by atoms with Gasteiger partial charge in [-0.25, -0.2) is 0 Å². The first-order valence-electron chi connectivity index (χ1n) is 12.3. The van der Waals surface area contributed by atoms with E-state index in [-0.39, 0.29) is 5.41 Å². The van der Waals surface area contributed by atoms with Crippen molar-refractivity contribution in [1.29, 1.82) is 0 Å². The highest BCUT2D eigenvalue weighted by molar-refractivity contribution is 6.88. The molecule has 0 aliphatic heterocycles. The van der Waals surface area contributed by atoms with Gasteiger partial charge in [-0.15, -0.1) is 0 Å². The van der Waals surface area contributed by atoms with Crippen LogP contribution in [0.15, 0.2) is 59.0 Å². The normalized spacial score (nSPS) is 12.9. The molecule has 0 atom stereocenters. The van der Waals surface area contributed by atoms with Gasteiger partial charge in [-0.05, 0) is 60.2 Å². The largest absolute Gasteiger partial charge is 0.455 e. The summed E-state index contributed by atoms with van der Waals surface area (Å²) in [5.74, 6) is 0. The third kappa shape index (κ3) is 3.58. The third-order valence-electron chi connectivity index (χ3n) is 7.44. The molecule has 2 aromatic heterocycles. The van der Waals surface area contributed by atoms with E-state index in [2.05, 4.69) is 120 Å². The highest BCUT2D eigenvalue weighted by Gasteiger charge is 2.25. The summed E-state index contributed by atoms with van der Waals surface area (Å²) in [6, 6.07) is 20.6. The average molecular weight is 467 g/mol. The predicted molar refractivity (Wildman–Crippen MR) is 149 cm³/mol. The van der Waals surface area contributed by atoms with Crippen molar-refractivity contribution in [3.05, 3.63) is 71.3 Å². The topological polar surface area (TPSA) is 17.0 Å². The molecule has 0 saturated carbocycles. The maximum Gasteiger partial charge on any atom is 0.216 e. The molecule has 0 unspecified atom stereocenters. The number of fused-ring (bicyclic) bond motifs is 4. The highest BCUT2D eigenvalue weighted by Crippen LogP contribution is 2.40. The summed E-state index contributed by atoms with van der Waals surface area (Å²) in [6.45, 7) is 18.4. The molecule has 2 nitrogen and oxygen atoms in total. The fraction of sp³-hybridized carbons (Fsp3) is 0.323. The van der Waals surface area contributed by atoms with Gasteiger partial charge in [-0.1, -0.05) is 63.8 Å². The van der Waals surface area contributed by atoms with E-state index in [1.807, 2.05) is 0 Å². The fourth-order valence-electron chi connectivity index (χ4n) is 5.03. The number of pyridine rings is 1. The Kier molecular flexibility index (Phi) is 5.07. The summed E-state index contributed by atoms with van der Waals surface area (Å²) in [6.07, 6.45) is 0. The standard InChI is InChI=1S/C31H36NOSi/c1-19-16-25-24-13-11-22(31(3,4)5)18-28(24)33-30(25)29(20(19)2)27-14-10-21-17-23(34(7,8)9)12-15-26(21)32(27)6/h10-18H,1-9H3/q+1. The number of furan rings is 1. The monoisotopic (exact) mass is 466 g/mol. The second kappa shape index (κ2) is 7.54. The van der Waals surface area contributed by atoms with Crippen LogP contribution in [0, 0.1) is 13.8 Å². The third-order valence-corrected chi connectivity index (χ3v) is 9.49. The van der Waals surface area contributed by atoms with Crippen LogP contribution in [0.25, 0.3) is 44.1 Å². The van der Waals surface area contributed by atoms with E-state index in [9.17, 15) is 0 Å².